The summed E-state index contributed by atoms with van der Waals surface area (Å²) >= 11 is 0. The third-order valence-electron chi connectivity index (χ3n) is 2.71. The van der Waals surface area contributed by atoms with Gasteiger partial charge in [-0.25, -0.2) is 0 Å². The molecule has 0 aromatic heterocycles. The number of aliphatic hydroxyl groups is 1. The molecule has 0 radical (unpaired) electrons. The van der Waals surface area contributed by atoms with Crippen LogP contribution in [0.2, 0.25) is 0 Å². The van der Waals surface area contributed by atoms with Gasteiger partial charge in [-0.3, -0.25) is 0 Å². The molecule has 2 heteroatoms. The van der Waals surface area contributed by atoms with E-state index in [1.54, 1.807) is 6.08 Å². The van der Waals surface area contributed by atoms with Gasteiger partial charge in [0.1, 0.15) is 0 Å². The lowest BCUT2D eigenvalue weighted by atomic mass is 10.1. The number of terminal acetylenes is 1. The average Bonchev–Trinajstić information content (AvgIpc) is 2.42. The lowest BCUT2D eigenvalue weighted by Gasteiger charge is -2.24. The zero-order chi connectivity index (χ0) is 12.5. The first-order valence-corrected chi connectivity index (χ1v) is 6.06. The van der Waals surface area contributed by atoms with E-state index in [0.717, 1.165) is 6.42 Å². The van der Waals surface area contributed by atoms with Crippen molar-refractivity contribution in [2.24, 2.45) is 0 Å². The summed E-state index contributed by atoms with van der Waals surface area (Å²) in [7, 11) is 0. The number of aliphatic hydroxyl groups excluding tert-OH is 1. The van der Waals surface area contributed by atoms with E-state index in [1.807, 2.05) is 30.4 Å². The molecule has 0 spiro atoms. The van der Waals surface area contributed by atoms with Crippen molar-refractivity contribution in [2.45, 2.75) is 44.5 Å². The van der Waals surface area contributed by atoms with Gasteiger partial charge in [-0.05, 0) is 25.3 Å². The van der Waals surface area contributed by atoms with E-state index < -0.39 is 6.10 Å². The summed E-state index contributed by atoms with van der Waals surface area (Å²) in [6, 6.07) is 0. The third-order valence-corrected chi connectivity index (χ3v) is 2.71. The molecular weight excluding hydrogens is 212 g/mol. The summed E-state index contributed by atoms with van der Waals surface area (Å²) in [6.45, 7) is 2.07. The van der Waals surface area contributed by atoms with Crippen LogP contribution in [0.4, 0.5) is 0 Å². The van der Waals surface area contributed by atoms with Gasteiger partial charge >= 0.3 is 0 Å². The highest BCUT2D eigenvalue weighted by Gasteiger charge is 2.20. The fourth-order valence-corrected chi connectivity index (χ4v) is 1.71. The van der Waals surface area contributed by atoms with Crippen LogP contribution < -0.4 is 0 Å². The quantitative estimate of drug-likeness (QED) is 0.758. The molecule has 0 aliphatic carbocycles. The Kier molecular flexibility index (Phi) is 6.39. The lowest BCUT2D eigenvalue weighted by molar-refractivity contribution is -0.0584. The second-order valence-electron chi connectivity index (χ2n) is 4.04. The van der Waals surface area contributed by atoms with Gasteiger partial charge in [0.05, 0.1) is 18.3 Å². The van der Waals surface area contributed by atoms with Crippen LogP contribution in [0, 0.1) is 12.3 Å². The van der Waals surface area contributed by atoms with Gasteiger partial charge in [0.25, 0.3) is 0 Å². The molecule has 17 heavy (non-hydrogen) atoms. The number of ether oxygens (including phenoxy) is 1. The first kappa shape index (κ1) is 13.8. The summed E-state index contributed by atoms with van der Waals surface area (Å²) in [5, 5.41) is 10.0. The SMILES string of the molecule is C#C/C=C\C[C@@H]1O[C@@H](CC)/C=C\C=C/C[C@H]1O. The molecule has 92 valence electrons. The molecule has 1 heterocycles. The van der Waals surface area contributed by atoms with E-state index in [4.69, 9.17) is 11.2 Å². The fourth-order valence-electron chi connectivity index (χ4n) is 1.71. The molecule has 1 rings (SSSR count). The molecule has 0 fully saturated rings. The zero-order valence-electron chi connectivity index (χ0n) is 10.3. The van der Waals surface area contributed by atoms with Crippen LogP contribution in [0.25, 0.3) is 0 Å². The summed E-state index contributed by atoms with van der Waals surface area (Å²) in [5.41, 5.74) is 0. The first-order chi connectivity index (χ1) is 8.27. The Hall–Kier alpha value is -1.30. The zero-order valence-corrected chi connectivity index (χ0v) is 10.3. The average molecular weight is 232 g/mol. The molecular formula is C15H20O2. The molecule has 0 saturated carbocycles. The Bertz CT molecular complexity index is 333. The summed E-state index contributed by atoms with van der Waals surface area (Å²) in [4.78, 5) is 0. The Morgan fingerprint density at radius 2 is 2.35 bits per heavy atom. The molecule has 1 aliphatic heterocycles. The molecule has 3 atom stereocenters. The van der Waals surface area contributed by atoms with Crippen molar-refractivity contribution in [3.8, 4) is 12.3 Å². The highest BCUT2D eigenvalue weighted by atomic mass is 16.5. The van der Waals surface area contributed by atoms with Crippen molar-refractivity contribution in [3.05, 3.63) is 36.5 Å². The van der Waals surface area contributed by atoms with Gasteiger partial charge in [0.15, 0.2) is 0 Å². The Labute approximate surface area is 104 Å². The molecule has 0 aromatic rings. The van der Waals surface area contributed by atoms with Gasteiger partial charge in [0, 0.05) is 0 Å². The van der Waals surface area contributed by atoms with E-state index in [9.17, 15) is 5.11 Å². The predicted octanol–water partition coefficient (Wildman–Crippen LogP) is 2.61. The summed E-state index contributed by atoms with van der Waals surface area (Å²) < 4.78 is 5.88. The molecule has 1 N–H and O–H groups in total. The molecule has 2 nitrogen and oxygen atoms in total. The van der Waals surface area contributed by atoms with E-state index in [-0.39, 0.29) is 12.2 Å². The van der Waals surface area contributed by atoms with Crippen LogP contribution in [0.3, 0.4) is 0 Å². The minimum absolute atomic E-state index is 0.0524. The largest absolute Gasteiger partial charge is 0.390 e. The second kappa shape index (κ2) is 7.89. The van der Waals surface area contributed by atoms with Crippen LogP contribution >= 0.6 is 0 Å². The van der Waals surface area contributed by atoms with Crippen molar-refractivity contribution in [3.63, 3.8) is 0 Å². The maximum atomic E-state index is 10.0. The summed E-state index contributed by atoms with van der Waals surface area (Å²) in [6.07, 6.45) is 18.1. The molecule has 0 unspecified atom stereocenters. The van der Waals surface area contributed by atoms with Gasteiger partial charge in [-0.1, -0.05) is 43.2 Å². The normalized spacial score (nSPS) is 33.4. The maximum Gasteiger partial charge on any atom is 0.0879 e. The highest BCUT2D eigenvalue weighted by molar-refractivity contribution is 5.10. The van der Waals surface area contributed by atoms with Crippen molar-refractivity contribution in [1.29, 1.82) is 0 Å². The van der Waals surface area contributed by atoms with Gasteiger partial charge < -0.3 is 9.84 Å². The topological polar surface area (TPSA) is 29.5 Å². The van der Waals surface area contributed by atoms with Gasteiger partial charge in [-0.15, -0.1) is 6.42 Å². The predicted molar refractivity (Wildman–Crippen MR) is 70.4 cm³/mol. The smallest absolute Gasteiger partial charge is 0.0879 e. The van der Waals surface area contributed by atoms with Gasteiger partial charge in [-0.2, -0.15) is 0 Å². The van der Waals surface area contributed by atoms with E-state index in [0.29, 0.717) is 12.8 Å². The van der Waals surface area contributed by atoms with E-state index in [2.05, 4.69) is 12.8 Å². The lowest BCUT2D eigenvalue weighted by Crippen LogP contribution is -2.31. The number of rotatable bonds is 3. The standard InChI is InChI=1S/C15H20O2/c1-3-5-7-12-15-14(16)11-9-6-8-10-13(4-2)17-15/h1,5-10,13-16H,4,11-12H2,2H3/b7-5-,9-6-,10-8-/t13-,14+,15-/m0/s1. The van der Waals surface area contributed by atoms with Gasteiger partial charge in [0.2, 0.25) is 0 Å². The Morgan fingerprint density at radius 3 is 3.06 bits per heavy atom. The molecule has 1 aliphatic rings. The maximum absolute atomic E-state index is 10.0. The van der Waals surface area contributed by atoms with E-state index in [1.165, 1.54) is 0 Å². The number of allylic oxidation sites excluding steroid dienone is 3. The van der Waals surface area contributed by atoms with Crippen LogP contribution in [0.5, 0.6) is 0 Å². The number of hydrogen-bond donors (Lipinski definition) is 1. The first-order valence-electron chi connectivity index (χ1n) is 6.06. The highest BCUT2D eigenvalue weighted by Crippen LogP contribution is 2.16. The van der Waals surface area contributed by atoms with Crippen LogP contribution in [-0.4, -0.2) is 23.4 Å². The third kappa shape index (κ3) is 5.04. The van der Waals surface area contributed by atoms with Crippen molar-refractivity contribution in [1.82, 2.24) is 0 Å². The second-order valence-corrected chi connectivity index (χ2v) is 4.04. The Balaban J connectivity index is 2.68. The van der Waals surface area contributed by atoms with Crippen LogP contribution in [0.1, 0.15) is 26.2 Å². The monoisotopic (exact) mass is 232 g/mol. The van der Waals surface area contributed by atoms with Crippen LogP contribution in [-0.2, 0) is 4.74 Å². The minimum Gasteiger partial charge on any atom is -0.390 e. The fraction of sp³-hybridized carbons (Fsp3) is 0.467. The Morgan fingerprint density at radius 1 is 1.53 bits per heavy atom. The molecule has 0 aromatic carbocycles. The summed E-state index contributed by atoms with van der Waals surface area (Å²) in [5.74, 6) is 2.44. The molecule has 0 bridgehead atoms. The van der Waals surface area contributed by atoms with Crippen molar-refractivity contribution >= 4 is 0 Å². The van der Waals surface area contributed by atoms with Crippen molar-refractivity contribution in [2.75, 3.05) is 0 Å². The molecule has 0 saturated heterocycles. The number of hydrogen-bond acceptors (Lipinski definition) is 2. The van der Waals surface area contributed by atoms with Crippen molar-refractivity contribution < 1.29 is 9.84 Å². The van der Waals surface area contributed by atoms with Crippen LogP contribution in [0.15, 0.2) is 36.5 Å². The minimum atomic E-state index is -0.484. The molecule has 0 amide bonds. The van der Waals surface area contributed by atoms with E-state index >= 15 is 0 Å².